The Morgan fingerprint density at radius 3 is 2.68 bits per heavy atom. The number of rotatable bonds is 5. The molecule has 1 aromatic carbocycles. The molecule has 0 saturated heterocycles. The highest BCUT2D eigenvalue weighted by Crippen LogP contribution is 2.37. The van der Waals surface area contributed by atoms with Gasteiger partial charge in [0.15, 0.2) is 5.96 Å². The fraction of sp³-hybridized carbons (Fsp3) is 0.400. The number of hydrogen-bond donors (Lipinski definition) is 3. The van der Waals surface area contributed by atoms with Crippen LogP contribution in [0, 0.1) is 5.41 Å². The molecule has 136 valence electrons. The molecule has 2 rings (SSSR count). The van der Waals surface area contributed by atoms with E-state index in [-0.39, 0.29) is 24.9 Å². The second kappa shape index (κ2) is 7.30. The average Bonchev–Trinajstić information content (AvgIpc) is 2.70. The Balaban J connectivity index is 2.21. The second-order valence-corrected chi connectivity index (χ2v) is 6.07. The van der Waals surface area contributed by atoms with E-state index in [4.69, 9.17) is 22.7 Å². The van der Waals surface area contributed by atoms with E-state index in [0.717, 1.165) is 0 Å². The predicted molar refractivity (Wildman–Crippen MR) is 85.2 cm³/mol. The van der Waals surface area contributed by atoms with Crippen LogP contribution < -0.4 is 11.1 Å². The molecule has 0 unspecified atom stereocenters. The number of hydrogen-bond acceptors (Lipinski definition) is 3. The van der Waals surface area contributed by atoms with E-state index in [2.05, 4.69) is 5.32 Å². The summed E-state index contributed by atoms with van der Waals surface area (Å²) in [6.45, 7) is -0.150. The van der Waals surface area contributed by atoms with Crippen LogP contribution in [0.4, 0.5) is 13.2 Å². The number of fused-ring (bicyclic) bond motifs is 1. The van der Waals surface area contributed by atoms with Crippen LogP contribution in [0.25, 0.3) is 0 Å². The lowest BCUT2D eigenvalue weighted by atomic mass is 10.0. The SMILES string of the molecule is N=C(N)NC(=O)C[C@H]1c2ccc(Cl)cc2C(=O)N1CCCC(F)(F)F. The zero-order valence-electron chi connectivity index (χ0n) is 13.0. The molecule has 6 nitrogen and oxygen atoms in total. The van der Waals surface area contributed by atoms with Gasteiger partial charge in [-0.3, -0.25) is 20.3 Å². The molecule has 0 saturated carbocycles. The van der Waals surface area contributed by atoms with Gasteiger partial charge in [0, 0.05) is 23.6 Å². The summed E-state index contributed by atoms with van der Waals surface area (Å²) in [6, 6.07) is 3.82. The van der Waals surface area contributed by atoms with Crippen LogP contribution in [0.15, 0.2) is 18.2 Å². The van der Waals surface area contributed by atoms with Crippen molar-refractivity contribution >= 4 is 29.4 Å². The number of benzene rings is 1. The van der Waals surface area contributed by atoms with Crippen molar-refractivity contribution in [3.05, 3.63) is 34.3 Å². The third-order valence-corrected chi connectivity index (χ3v) is 3.99. The highest BCUT2D eigenvalue weighted by Gasteiger charge is 2.38. The number of nitrogens with zero attached hydrogens (tertiary/aromatic N) is 1. The number of carbonyl (C=O) groups excluding carboxylic acids is 2. The van der Waals surface area contributed by atoms with Gasteiger partial charge in [0.2, 0.25) is 5.91 Å². The summed E-state index contributed by atoms with van der Waals surface area (Å²) in [6.07, 6.45) is -5.84. The normalized spacial score (nSPS) is 16.7. The molecule has 1 atom stereocenters. The molecule has 1 aliphatic rings. The van der Waals surface area contributed by atoms with Gasteiger partial charge in [-0.1, -0.05) is 17.7 Å². The molecule has 1 aromatic rings. The Hall–Kier alpha value is -2.29. The van der Waals surface area contributed by atoms with Crippen LogP contribution in [0.3, 0.4) is 0 Å². The van der Waals surface area contributed by atoms with E-state index in [1.165, 1.54) is 11.0 Å². The first-order valence-corrected chi connectivity index (χ1v) is 7.77. The van der Waals surface area contributed by atoms with Gasteiger partial charge < -0.3 is 10.6 Å². The van der Waals surface area contributed by atoms with Crippen LogP contribution in [0.2, 0.25) is 5.02 Å². The third kappa shape index (κ3) is 4.85. The van der Waals surface area contributed by atoms with Crippen LogP contribution in [0.1, 0.15) is 41.2 Å². The Kier molecular flexibility index (Phi) is 5.56. The molecule has 2 amide bonds. The zero-order chi connectivity index (χ0) is 18.8. The zero-order valence-corrected chi connectivity index (χ0v) is 13.7. The molecule has 0 fully saturated rings. The van der Waals surface area contributed by atoms with Crippen LogP contribution in [-0.2, 0) is 4.79 Å². The number of guanidine groups is 1. The van der Waals surface area contributed by atoms with E-state index in [1.807, 2.05) is 0 Å². The van der Waals surface area contributed by atoms with Crippen molar-refractivity contribution in [1.82, 2.24) is 10.2 Å². The lowest BCUT2D eigenvalue weighted by Gasteiger charge is -2.25. The number of carbonyl (C=O) groups is 2. The van der Waals surface area contributed by atoms with Gasteiger partial charge in [-0.05, 0) is 24.1 Å². The quantitative estimate of drug-likeness (QED) is 0.544. The van der Waals surface area contributed by atoms with Crippen molar-refractivity contribution in [3.8, 4) is 0 Å². The molecule has 4 N–H and O–H groups in total. The summed E-state index contributed by atoms with van der Waals surface area (Å²) < 4.78 is 37.1. The van der Waals surface area contributed by atoms with Crippen LogP contribution in [-0.4, -0.2) is 35.4 Å². The van der Waals surface area contributed by atoms with Gasteiger partial charge in [0.05, 0.1) is 12.5 Å². The summed E-state index contributed by atoms with van der Waals surface area (Å²) in [5, 5.41) is 9.49. The molecule has 0 radical (unpaired) electrons. The maximum Gasteiger partial charge on any atom is 0.389 e. The van der Waals surface area contributed by atoms with Crippen molar-refractivity contribution < 1.29 is 22.8 Å². The smallest absolute Gasteiger partial charge is 0.370 e. The molecule has 0 aliphatic carbocycles. The van der Waals surface area contributed by atoms with Gasteiger partial charge >= 0.3 is 6.18 Å². The maximum atomic E-state index is 12.5. The molecular weight excluding hydrogens is 361 g/mol. The van der Waals surface area contributed by atoms with Gasteiger partial charge in [-0.25, -0.2) is 0 Å². The summed E-state index contributed by atoms with van der Waals surface area (Å²) in [5.74, 6) is -1.62. The fourth-order valence-corrected chi connectivity index (χ4v) is 2.94. The monoisotopic (exact) mass is 376 g/mol. The number of nitrogens with one attached hydrogen (secondary N) is 2. The number of halogens is 4. The lowest BCUT2D eigenvalue weighted by molar-refractivity contribution is -0.136. The Bertz CT molecular complexity index is 709. The number of nitrogens with two attached hydrogens (primary N) is 1. The summed E-state index contributed by atoms with van der Waals surface area (Å²) in [5.41, 5.74) is 5.88. The van der Waals surface area contributed by atoms with Crippen LogP contribution in [0.5, 0.6) is 0 Å². The van der Waals surface area contributed by atoms with Crippen molar-refractivity contribution in [2.24, 2.45) is 5.73 Å². The van der Waals surface area contributed by atoms with E-state index in [1.54, 1.807) is 12.1 Å². The first-order valence-electron chi connectivity index (χ1n) is 7.39. The molecular formula is C15H16ClF3N4O2. The summed E-state index contributed by atoms with van der Waals surface area (Å²) in [4.78, 5) is 25.6. The van der Waals surface area contributed by atoms with Crippen molar-refractivity contribution in [2.45, 2.75) is 31.5 Å². The topological polar surface area (TPSA) is 99.3 Å². The van der Waals surface area contributed by atoms with Gasteiger partial charge in [-0.2, -0.15) is 13.2 Å². The largest absolute Gasteiger partial charge is 0.389 e. The molecule has 1 heterocycles. The molecule has 10 heteroatoms. The standard InChI is InChI=1S/C15H16ClF3N4O2/c16-8-2-3-9-10(6-8)13(25)23(5-1-4-15(17,18)19)11(9)7-12(24)22-14(20)21/h2-3,6,11H,1,4-5,7H2,(H4,20,21,22,24)/t11-/m0/s1. The molecule has 0 aromatic heterocycles. The minimum Gasteiger partial charge on any atom is -0.370 e. The number of alkyl halides is 3. The second-order valence-electron chi connectivity index (χ2n) is 5.63. The lowest BCUT2D eigenvalue weighted by Crippen LogP contribution is -2.38. The van der Waals surface area contributed by atoms with Gasteiger partial charge in [-0.15, -0.1) is 0 Å². The highest BCUT2D eigenvalue weighted by atomic mass is 35.5. The van der Waals surface area contributed by atoms with Gasteiger partial charge in [0.25, 0.3) is 5.91 Å². The molecule has 0 spiro atoms. The maximum absolute atomic E-state index is 12.5. The molecule has 1 aliphatic heterocycles. The average molecular weight is 377 g/mol. The molecule has 25 heavy (non-hydrogen) atoms. The van der Waals surface area contributed by atoms with E-state index in [9.17, 15) is 22.8 Å². The third-order valence-electron chi connectivity index (χ3n) is 3.75. The summed E-state index contributed by atoms with van der Waals surface area (Å²) >= 11 is 5.88. The van der Waals surface area contributed by atoms with E-state index >= 15 is 0 Å². The number of amides is 2. The highest BCUT2D eigenvalue weighted by molar-refractivity contribution is 6.31. The molecule has 0 bridgehead atoms. The first kappa shape index (κ1) is 19.0. The first-order chi connectivity index (χ1) is 11.6. The minimum absolute atomic E-state index is 0.150. The fourth-order valence-electron chi connectivity index (χ4n) is 2.77. The van der Waals surface area contributed by atoms with Crippen molar-refractivity contribution in [1.29, 1.82) is 5.41 Å². The van der Waals surface area contributed by atoms with Crippen LogP contribution >= 0.6 is 11.6 Å². The Morgan fingerprint density at radius 2 is 2.08 bits per heavy atom. The summed E-state index contributed by atoms with van der Waals surface area (Å²) in [7, 11) is 0. The minimum atomic E-state index is -4.32. The van der Waals surface area contributed by atoms with Crippen molar-refractivity contribution in [3.63, 3.8) is 0 Å². The predicted octanol–water partition coefficient (Wildman–Crippen LogP) is 2.58. The van der Waals surface area contributed by atoms with E-state index in [0.29, 0.717) is 10.6 Å². The van der Waals surface area contributed by atoms with E-state index < -0.39 is 36.4 Å². The van der Waals surface area contributed by atoms with Gasteiger partial charge in [0.1, 0.15) is 0 Å². The van der Waals surface area contributed by atoms with Crippen molar-refractivity contribution in [2.75, 3.05) is 6.54 Å². The Morgan fingerprint density at radius 1 is 1.40 bits per heavy atom. The Labute approximate surface area is 146 Å².